The first-order valence-corrected chi connectivity index (χ1v) is 9.65. The van der Waals surface area contributed by atoms with Gasteiger partial charge in [0.25, 0.3) is 0 Å². The first-order chi connectivity index (χ1) is 12.7. The monoisotopic (exact) mass is 358 g/mol. The molecule has 1 saturated heterocycles. The number of hydrogen-bond acceptors (Lipinski definition) is 7. The van der Waals surface area contributed by atoms with Crippen LogP contribution in [0.4, 0.5) is 5.95 Å². The molecule has 0 aromatic carbocycles. The predicted molar refractivity (Wildman–Crippen MR) is 93.7 cm³/mol. The van der Waals surface area contributed by atoms with Gasteiger partial charge in [-0.3, -0.25) is 4.57 Å². The predicted octanol–water partition coefficient (Wildman–Crippen LogP) is 1.86. The van der Waals surface area contributed by atoms with Crippen LogP contribution in [0.2, 0.25) is 0 Å². The summed E-state index contributed by atoms with van der Waals surface area (Å²) in [4.78, 5) is 7.16. The van der Waals surface area contributed by atoms with Crippen LogP contribution in [0, 0.1) is 11.8 Å². The molecular formula is C18H26N6O2. The SMILES string of the molecule is COCc1nnc(N2C[C@H]3CCC[C@@]3(c3nc(CC4CC4)no3)C2)n1C. The van der Waals surface area contributed by atoms with E-state index in [0.717, 1.165) is 55.3 Å². The van der Waals surface area contributed by atoms with Gasteiger partial charge >= 0.3 is 0 Å². The molecule has 0 unspecified atom stereocenters. The van der Waals surface area contributed by atoms with Gasteiger partial charge in [-0.05, 0) is 37.5 Å². The van der Waals surface area contributed by atoms with E-state index in [-0.39, 0.29) is 5.41 Å². The smallest absolute Gasteiger partial charge is 0.235 e. The molecule has 2 saturated carbocycles. The summed E-state index contributed by atoms with van der Waals surface area (Å²) in [6.07, 6.45) is 7.13. The Morgan fingerprint density at radius 1 is 1.27 bits per heavy atom. The van der Waals surface area contributed by atoms with E-state index in [1.165, 1.54) is 25.7 Å². The first kappa shape index (κ1) is 16.2. The van der Waals surface area contributed by atoms with Gasteiger partial charge in [-0.1, -0.05) is 11.6 Å². The molecule has 0 spiro atoms. The zero-order chi connectivity index (χ0) is 17.7. The van der Waals surface area contributed by atoms with Gasteiger partial charge < -0.3 is 14.2 Å². The van der Waals surface area contributed by atoms with Crippen LogP contribution in [0.3, 0.4) is 0 Å². The van der Waals surface area contributed by atoms with E-state index < -0.39 is 0 Å². The molecule has 2 atom stereocenters. The molecule has 0 radical (unpaired) electrons. The Balaban J connectivity index is 1.41. The maximum Gasteiger partial charge on any atom is 0.235 e. The minimum atomic E-state index is -0.0256. The van der Waals surface area contributed by atoms with Crippen molar-refractivity contribution in [3.8, 4) is 0 Å². The Bertz CT molecular complexity index is 797. The van der Waals surface area contributed by atoms with Crippen molar-refractivity contribution in [3.05, 3.63) is 17.5 Å². The van der Waals surface area contributed by atoms with Gasteiger partial charge in [-0.25, -0.2) is 0 Å². The minimum absolute atomic E-state index is 0.0256. The number of nitrogens with zero attached hydrogens (tertiary/aromatic N) is 6. The van der Waals surface area contributed by atoms with Crippen LogP contribution in [-0.4, -0.2) is 45.1 Å². The summed E-state index contributed by atoms with van der Waals surface area (Å²) in [6.45, 7) is 2.32. The van der Waals surface area contributed by atoms with Crippen molar-refractivity contribution in [1.82, 2.24) is 24.9 Å². The Hall–Kier alpha value is -1.96. The summed E-state index contributed by atoms with van der Waals surface area (Å²) in [6, 6.07) is 0. The second kappa shape index (κ2) is 6.04. The van der Waals surface area contributed by atoms with Crippen LogP contribution in [-0.2, 0) is 30.2 Å². The normalized spacial score (nSPS) is 28.1. The van der Waals surface area contributed by atoms with E-state index in [9.17, 15) is 0 Å². The quantitative estimate of drug-likeness (QED) is 0.779. The van der Waals surface area contributed by atoms with Crippen LogP contribution in [0.5, 0.6) is 0 Å². The second-order valence-corrected chi connectivity index (χ2v) is 8.20. The van der Waals surface area contributed by atoms with Crippen molar-refractivity contribution >= 4 is 5.95 Å². The van der Waals surface area contributed by atoms with E-state index in [4.69, 9.17) is 14.2 Å². The lowest BCUT2D eigenvalue weighted by Crippen LogP contribution is -2.33. The van der Waals surface area contributed by atoms with Crippen LogP contribution in [0.15, 0.2) is 4.52 Å². The minimum Gasteiger partial charge on any atom is -0.377 e. The lowest BCUT2D eigenvalue weighted by Gasteiger charge is -2.24. The highest BCUT2D eigenvalue weighted by Gasteiger charge is 2.55. The molecule has 0 amide bonds. The highest BCUT2D eigenvalue weighted by atomic mass is 16.5. The van der Waals surface area contributed by atoms with E-state index in [1.807, 2.05) is 11.6 Å². The third kappa shape index (κ3) is 2.53. The number of methoxy groups -OCH3 is 1. The van der Waals surface area contributed by atoms with Gasteiger partial charge in [0.1, 0.15) is 6.61 Å². The maximum absolute atomic E-state index is 5.79. The molecule has 5 rings (SSSR count). The number of ether oxygens (including phenoxy) is 1. The van der Waals surface area contributed by atoms with Crippen molar-refractivity contribution < 1.29 is 9.26 Å². The number of rotatable bonds is 6. The maximum atomic E-state index is 5.79. The van der Waals surface area contributed by atoms with Crippen molar-refractivity contribution in [1.29, 1.82) is 0 Å². The summed E-state index contributed by atoms with van der Waals surface area (Å²) in [5, 5.41) is 13.0. The van der Waals surface area contributed by atoms with Crippen LogP contribution >= 0.6 is 0 Å². The van der Waals surface area contributed by atoms with Gasteiger partial charge in [0.15, 0.2) is 11.6 Å². The topological polar surface area (TPSA) is 82.1 Å². The van der Waals surface area contributed by atoms with Crippen molar-refractivity contribution in [2.24, 2.45) is 18.9 Å². The molecule has 3 fully saturated rings. The van der Waals surface area contributed by atoms with Crippen molar-refractivity contribution in [2.45, 2.75) is 50.5 Å². The fraction of sp³-hybridized carbons (Fsp3) is 0.778. The molecule has 0 bridgehead atoms. The van der Waals surface area contributed by atoms with E-state index in [2.05, 4.69) is 20.3 Å². The number of aromatic nitrogens is 5. The Morgan fingerprint density at radius 2 is 2.15 bits per heavy atom. The van der Waals surface area contributed by atoms with Gasteiger partial charge in [0.05, 0.1) is 5.41 Å². The molecule has 8 heteroatoms. The van der Waals surface area contributed by atoms with E-state index >= 15 is 0 Å². The summed E-state index contributed by atoms with van der Waals surface area (Å²) in [5.74, 6) is 4.80. The van der Waals surface area contributed by atoms with Gasteiger partial charge in [0, 0.05) is 33.7 Å². The molecule has 1 aliphatic heterocycles. The summed E-state index contributed by atoms with van der Waals surface area (Å²) in [7, 11) is 3.68. The highest BCUT2D eigenvalue weighted by Crippen LogP contribution is 2.50. The average molecular weight is 358 g/mol. The summed E-state index contributed by atoms with van der Waals surface area (Å²) < 4.78 is 13.0. The molecule has 140 valence electrons. The molecular weight excluding hydrogens is 332 g/mol. The summed E-state index contributed by atoms with van der Waals surface area (Å²) in [5.41, 5.74) is -0.0256. The lowest BCUT2D eigenvalue weighted by molar-refractivity contribution is 0.175. The molecule has 2 aromatic heterocycles. The number of fused-ring (bicyclic) bond motifs is 1. The standard InChI is InChI=1S/C18H26N6O2/c1-23-15(10-25-2)20-21-17(23)24-9-13-4-3-7-18(13,11-24)16-19-14(22-26-16)8-12-5-6-12/h12-13H,3-11H2,1-2H3/t13-,18-/m1/s1. The molecule has 26 heavy (non-hydrogen) atoms. The second-order valence-electron chi connectivity index (χ2n) is 8.20. The zero-order valence-corrected chi connectivity index (χ0v) is 15.5. The van der Waals surface area contributed by atoms with Crippen molar-refractivity contribution in [3.63, 3.8) is 0 Å². The molecule has 8 nitrogen and oxygen atoms in total. The molecule has 3 aliphatic rings. The fourth-order valence-electron chi connectivity index (χ4n) is 4.79. The fourth-order valence-corrected chi connectivity index (χ4v) is 4.79. The van der Waals surface area contributed by atoms with Crippen LogP contribution < -0.4 is 4.90 Å². The Labute approximate surface area is 152 Å². The van der Waals surface area contributed by atoms with E-state index in [0.29, 0.717) is 12.5 Å². The molecule has 3 heterocycles. The Kier molecular flexibility index (Phi) is 3.77. The van der Waals surface area contributed by atoms with Crippen LogP contribution in [0.1, 0.15) is 49.6 Å². The van der Waals surface area contributed by atoms with Crippen molar-refractivity contribution in [2.75, 3.05) is 25.1 Å². The first-order valence-electron chi connectivity index (χ1n) is 9.65. The number of anilines is 1. The van der Waals surface area contributed by atoms with Gasteiger partial charge in [-0.2, -0.15) is 4.98 Å². The van der Waals surface area contributed by atoms with Gasteiger partial charge in [0.2, 0.25) is 11.8 Å². The summed E-state index contributed by atoms with van der Waals surface area (Å²) >= 11 is 0. The Morgan fingerprint density at radius 3 is 2.96 bits per heavy atom. The van der Waals surface area contributed by atoms with Gasteiger partial charge in [-0.15, -0.1) is 10.2 Å². The lowest BCUT2D eigenvalue weighted by atomic mass is 9.80. The largest absolute Gasteiger partial charge is 0.377 e. The zero-order valence-electron chi connectivity index (χ0n) is 15.5. The average Bonchev–Trinajstić information content (AvgIpc) is 2.97. The van der Waals surface area contributed by atoms with Crippen LogP contribution in [0.25, 0.3) is 0 Å². The highest BCUT2D eigenvalue weighted by molar-refractivity contribution is 5.38. The molecule has 2 aromatic rings. The molecule has 0 N–H and O–H groups in total. The third-order valence-corrected chi connectivity index (χ3v) is 6.43. The van der Waals surface area contributed by atoms with E-state index in [1.54, 1.807) is 7.11 Å². The number of hydrogen-bond donors (Lipinski definition) is 0. The molecule has 2 aliphatic carbocycles. The third-order valence-electron chi connectivity index (χ3n) is 6.43.